The summed E-state index contributed by atoms with van der Waals surface area (Å²) in [6.07, 6.45) is 0. The smallest absolute Gasteiger partial charge is 0.179 e. The maximum absolute atomic E-state index is 12.0. The maximum atomic E-state index is 12.0. The Morgan fingerprint density at radius 1 is 1.14 bits per heavy atom. The number of nitrogens with one attached hydrogen (secondary N) is 1. The van der Waals surface area contributed by atoms with Gasteiger partial charge in [0.15, 0.2) is 9.84 Å². The molecule has 0 aliphatic carbocycles. The number of nitrogens with zero attached hydrogens (tertiary/aromatic N) is 1. The van der Waals surface area contributed by atoms with Gasteiger partial charge in [-0.1, -0.05) is 0 Å². The molecule has 0 spiro atoms. The zero-order chi connectivity index (χ0) is 15.6. The molecule has 0 saturated heterocycles. The second-order valence-corrected chi connectivity index (χ2v) is 6.42. The van der Waals surface area contributed by atoms with Crippen LogP contribution < -0.4 is 5.32 Å². The third-order valence-corrected chi connectivity index (χ3v) is 4.48. The van der Waals surface area contributed by atoms with Gasteiger partial charge in [0.05, 0.1) is 42.1 Å². The Bertz CT molecular complexity index is 549. The Labute approximate surface area is 125 Å². The van der Waals surface area contributed by atoms with Crippen LogP contribution in [-0.4, -0.2) is 54.2 Å². The minimum absolute atomic E-state index is 0.0109. The highest BCUT2D eigenvalue weighted by Gasteiger charge is 2.13. The van der Waals surface area contributed by atoms with E-state index in [1.54, 1.807) is 7.11 Å². The molecular weight excluding hydrogens is 292 g/mol. The Balaban J connectivity index is 2.28. The molecule has 0 atom stereocenters. The lowest BCUT2D eigenvalue weighted by atomic mass is 10.2. The summed E-state index contributed by atoms with van der Waals surface area (Å²) in [4.78, 5) is 0.236. The van der Waals surface area contributed by atoms with Crippen LogP contribution in [0, 0.1) is 11.3 Å². The second kappa shape index (κ2) is 9.47. The van der Waals surface area contributed by atoms with Crippen molar-refractivity contribution in [3.8, 4) is 6.07 Å². The first-order chi connectivity index (χ1) is 10.1. The van der Waals surface area contributed by atoms with Crippen LogP contribution in [-0.2, 0) is 19.3 Å². The standard InChI is InChI=1S/C14H20N2O4S/c1-19-9-10-20-8-6-16-7-11-21(17,18)14-4-2-13(12-15)3-5-14/h2-5,16H,6-11H2,1H3. The van der Waals surface area contributed by atoms with Crippen molar-refractivity contribution in [2.75, 3.05) is 45.8 Å². The molecule has 1 rings (SSSR count). The number of methoxy groups -OCH3 is 1. The normalized spacial score (nSPS) is 11.2. The second-order valence-electron chi connectivity index (χ2n) is 4.31. The van der Waals surface area contributed by atoms with Gasteiger partial charge in [-0.2, -0.15) is 5.26 Å². The molecule has 7 heteroatoms. The van der Waals surface area contributed by atoms with E-state index in [-0.39, 0.29) is 10.6 Å². The van der Waals surface area contributed by atoms with Crippen molar-refractivity contribution in [2.45, 2.75) is 4.90 Å². The minimum Gasteiger partial charge on any atom is -0.382 e. The number of ether oxygens (including phenoxy) is 2. The Kier molecular flexibility index (Phi) is 7.93. The molecule has 0 heterocycles. The van der Waals surface area contributed by atoms with Crippen molar-refractivity contribution in [1.29, 1.82) is 5.26 Å². The zero-order valence-electron chi connectivity index (χ0n) is 12.0. The predicted molar refractivity (Wildman–Crippen MR) is 78.8 cm³/mol. The molecule has 0 aromatic heterocycles. The SMILES string of the molecule is COCCOCCNCCS(=O)(=O)c1ccc(C#N)cc1. The van der Waals surface area contributed by atoms with Crippen molar-refractivity contribution in [3.05, 3.63) is 29.8 Å². The predicted octanol–water partition coefficient (Wildman–Crippen LogP) is 0.585. The Hall–Kier alpha value is -1.46. The molecule has 0 unspecified atom stereocenters. The average Bonchev–Trinajstić information content (AvgIpc) is 2.50. The van der Waals surface area contributed by atoms with E-state index in [1.165, 1.54) is 24.3 Å². The molecule has 6 nitrogen and oxygen atoms in total. The summed E-state index contributed by atoms with van der Waals surface area (Å²) in [5.74, 6) is 0.0109. The summed E-state index contributed by atoms with van der Waals surface area (Å²) >= 11 is 0. The first-order valence-corrected chi connectivity index (χ1v) is 8.25. The van der Waals surface area contributed by atoms with Crippen LogP contribution in [0.15, 0.2) is 29.2 Å². The summed E-state index contributed by atoms with van der Waals surface area (Å²) < 4.78 is 34.2. The molecule has 0 saturated carbocycles. The van der Waals surface area contributed by atoms with E-state index in [0.717, 1.165) is 0 Å². The van der Waals surface area contributed by atoms with Gasteiger partial charge in [0.1, 0.15) is 0 Å². The molecule has 1 N–H and O–H groups in total. The molecule has 0 radical (unpaired) electrons. The van der Waals surface area contributed by atoms with Gasteiger partial charge in [-0.25, -0.2) is 8.42 Å². The van der Waals surface area contributed by atoms with Crippen LogP contribution in [0.25, 0.3) is 0 Å². The highest BCUT2D eigenvalue weighted by Crippen LogP contribution is 2.11. The van der Waals surface area contributed by atoms with E-state index in [1.807, 2.05) is 6.07 Å². The summed E-state index contributed by atoms with van der Waals surface area (Å²) in [7, 11) is -1.71. The molecule has 1 aromatic rings. The fourth-order valence-electron chi connectivity index (χ4n) is 1.57. The van der Waals surface area contributed by atoms with E-state index >= 15 is 0 Å². The Morgan fingerprint density at radius 3 is 2.48 bits per heavy atom. The van der Waals surface area contributed by atoms with Crippen molar-refractivity contribution in [3.63, 3.8) is 0 Å². The average molecular weight is 312 g/mol. The molecule has 0 bridgehead atoms. The van der Waals surface area contributed by atoms with Crippen LogP contribution in [0.1, 0.15) is 5.56 Å². The van der Waals surface area contributed by atoms with Gasteiger partial charge in [0.2, 0.25) is 0 Å². The summed E-state index contributed by atoms with van der Waals surface area (Å²) in [6, 6.07) is 7.88. The van der Waals surface area contributed by atoms with Crippen LogP contribution in [0.4, 0.5) is 0 Å². The fourth-order valence-corrected chi connectivity index (χ4v) is 2.77. The molecule has 116 valence electrons. The fraction of sp³-hybridized carbons (Fsp3) is 0.500. The highest BCUT2D eigenvalue weighted by molar-refractivity contribution is 7.91. The third-order valence-electron chi connectivity index (χ3n) is 2.75. The molecule has 0 amide bonds. The van der Waals surface area contributed by atoms with Gasteiger partial charge in [0, 0.05) is 20.2 Å². The van der Waals surface area contributed by atoms with Crippen molar-refractivity contribution < 1.29 is 17.9 Å². The molecule has 1 aromatic carbocycles. The largest absolute Gasteiger partial charge is 0.382 e. The molecule has 21 heavy (non-hydrogen) atoms. The van der Waals surface area contributed by atoms with Gasteiger partial charge in [0.25, 0.3) is 0 Å². The zero-order valence-corrected chi connectivity index (χ0v) is 12.9. The van der Waals surface area contributed by atoms with Gasteiger partial charge >= 0.3 is 0 Å². The van der Waals surface area contributed by atoms with Crippen molar-refractivity contribution in [2.24, 2.45) is 0 Å². The lowest BCUT2D eigenvalue weighted by Gasteiger charge is -2.07. The molecule has 0 aliphatic heterocycles. The van der Waals surface area contributed by atoms with Crippen LogP contribution >= 0.6 is 0 Å². The summed E-state index contributed by atoms with van der Waals surface area (Å²) in [6.45, 7) is 2.54. The summed E-state index contributed by atoms with van der Waals surface area (Å²) in [5.41, 5.74) is 0.445. The van der Waals surface area contributed by atoms with Gasteiger partial charge < -0.3 is 14.8 Å². The topological polar surface area (TPSA) is 88.4 Å². The number of rotatable bonds is 10. The molecule has 0 aliphatic rings. The van der Waals surface area contributed by atoms with E-state index in [9.17, 15) is 8.42 Å². The van der Waals surface area contributed by atoms with Crippen LogP contribution in [0.2, 0.25) is 0 Å². The van der Waals surface area contributed by atoms with E-state index in [4.69, 9.17) is 14.7 Å². The minimum atomic E-state index is -3.32. The Morgan fingerprint density at radius 2 is 1.86 bits per heavy atom. The maximum Gasteiger partial charge on any atom is 0.179 e. The number of sulfone groups is 1. The van der Waals surface area contributed by atoms with Crippen molar-refractivity contribution in [1.82, 2.24) is 5.32 Å². The van der Waals surface area contributed by atoms with Crippen molar-refractivity contribution >= 4 is 9.84 Å². The molecule has 0 fully saturated rings. The van der Waals surface area contributed by atoms with Crippen LogP contribution in [0.5, 0.6) is 0 Å². The number of nitriles is 1. The lowest BCUT2D eigenvalue weighted by molar-refractivity contribution is 0.0722. The monoisotopic (exact) mass is 312 g/mol. The van der Waals surface area contributed by atoms with E-state index in [0.29, 0.717) is 38.5 Å². The highest BCUT2D eigenvalue weighted by atomic mass is 32.2. The number of hydrogen-bond donors (Lipinski definition) is 1. The van der Waals surface area contributed by atoms with Gasteiger partial charge in [-0.3, -0.25) is 0 Å². The quantitative estimate of drug-likeness (QED) is 0.636. The van der Waals surface area contributed by atoms with Crippen LogP contribution in [0.3, 0.4) is 0 Å². The van der Waals surface area contributed by atoms with E-state index in [2.05, 4.69) is 5.32 Å². The van der Waals surface area contributed by atoms with Gasteiger partial charge in [-0.15, -0.1) is 0 Å². The summed E-state index contributed by atoms with van der Waals surface area (Å²) in [5, 5.41) is 11.7. The van der Waals surface area contributed by atoms with E-state index < -0.39 is 9.84 Å². The first-order valence-electron chi connectivity index (χ1n) is 6.60. The number of benzene rings is 1. The molecular formula is C14H20N2O4S. The third kappa shape index (κ3) is 6.69. The van der Waals surface area contributed by atoms with Gasteiger partial charge in [-0.05, 0) is 24.3 Å². The number of hydrogen-bond acceptors (Lipinski definition) is 6. The first kappa shape index (κ1) is 17.6. The lowest BCUT2D eigenvalue weighted by Crippen LogP contribution is -2.26.